The molecular weight excluding hydrogens is 833 g/mol. The minimum atomic E-state index is -0.151. The molecule has 12 aromatic rings. The lowest BCUT2D eigenvalue weighted by Crippen LogP contribution is -2.17. The second-order valence-corrected chi connectivity index (χ2v) is 18.8. The molecule has 2 heteroatoms. The van der Waals surface area contributed by atoms with E-state index in [1.54, 1.807) is 0 Å². The van der Waals surface area contributed by atoms with E-state index in [0.29, 0.717) is 0 Å². The maximum absolute atomic E-state index is 2.55. The van der Waals surface area contributed by atoms with E-state index in [1.165, 1.54) is 93.3 Å². The van der Waals surface area contributed by atoms with Gasteiger partial charge in [-0.1, -0.05) is 220 Å². The van der Waals surface area contributed by atoms with Crippen molar-refractivity contribution in [2.75, 3.05) is 9.80 Å². The number of hydrogen-bond acceptors (Lipinski definition) is 2. The van der Waals surface area contributed by atoms with Crippen LogP contribution in [0.4, 0.5) is 34.1 Å². The zero-order valence-electron chi connectivity index (χ0n) is 38.6. The largest absolute Gasteiger partial charge is 0.310 e. The summed E-state index contributed by atoms with van der Waals surface area (Å²) in [5.41, 5.74) is 16.8. The third-order valence-electron chi connectivity index (χ3n) is 14.6. The Morgan fingerprint density at radius 3 is 1.33 bits per heavy atom. The van der Waals surface area contributed by atoms with Gasteiger partial charge in [-0.3, -0.25) is 0 Å². The summed E-state index contributed by atoms with van der Waals surface area (Å²) >= 11 is 0. The standard InChI is InChI=1S/C67H48N2/c1-67(2)61-31-15-14-26-55(61)56-43-42-52(44-62(56)67)69(64-33-17-23-48-21-7-9-25-54(48)64)66-59-29-12-10-27-57(59)65(58-28-11-13-30-60(58)66)49-36-40-51(41-37-49)68(63-32-16-22-47-20-6-8-24-53(47)63)50-38-34-46(35-39-50)45-18-4-3-5-19-45/h3-44H,1-2H3. The first kappa shape index (κ1) is 40.5. The Morgan fingerprint density at radius 1 is 0.290 bits per heavy atom. The van der Waals surface area contributed by atoms with Crippen molar-refractivity contribution >= 4 is 77.2 Å². The summed E-state index contributed by atoms with van der Waals surface area (Å²) in [6, 6.07) is 93.8. The Bertz CT molecular complexity index is 3860. The Kier molecular flexibility index (Phi) is 9.55. The SMILES string of the molecule is CC1(C)c2ccccc2-c2ccc(N(c3cccc4ccccc34)c3c4ccccc4c(-c4ccc(N(c5ccc(-c6ccccc6)cc5)c5cccc6ccccc56)cc4)c4ccccc34)cc21. The van der Waals surface area contributed by atoms with Crippen LogP contribution in [-0.4, -0.2) is 0 Å². The molecule has 0 N–H and O–H groups in total. The van der Waals surface area contributed by atoms with Gasteiger partial charge in [0.05, 0.1) is 17.1 Å². The molecule has 0 spiro atoms. The molecule has 69 heavy (non-hydrogen) atoms. The molecule has 0 radical (unpaired) electrons. The molecule has 0 fully saturated rings. The third kappa shape index (κ3) is 6.63. The number of anilines is 6. The molecule has 0 aliphatic heterocycles. The molecular formula is C67H48N2. The van der Waals surface area contributed by atoms with Crippen LogP contribution >= 0.6 is 0 Å². The maximum Gasteiger partial charge on any atom is 0.0619 e. The fourth-order valence-electron chi connectivity index (χ4n) is 11.3. The van der Waals surface area contributed by atoms with Crippen molar-refractivity contribution in [3.05, 3.63) is 266 Å². The molecule has 1 aliphatic carbocycles. The van der Waals surface area contributed by atoms with Crippen LogP contribution in [0.15, 0.2) is 255 Å². The van der Waals surface area contributed by atoms with E-state index in [2.05, 4.69) is 278 Å². The van der Waals surface area contributed by atoms with Crippen molar-refractivity contribution in [1.29, 1.82) is 0 Å². The zero-order chi connectivity index (χ0) is 46.1. The summed E-state index contributed by atoms with van der Waals surface area (Å²) < 4.78 is 0. The fourth-order valence-corrected chi connectivity index (χ4v) is 11.3. The molecule has 0 unspecified atom stereocenters. The molecule has 0 heterocycles. The van der Waals surface area contributed by atoms with Crippen molar-refractivity contribution in [2.45, 2.75) is 19.3 Å². The van der Waals surface area contributed by atoms with Crippen molar-refractivity contribution < 1.29 is 0 Å². The summed E-state index contributed by atoms with van der Waals surface area (Å²) in [5.74, 6) is 0. The third-order valence-corrected chi connectivity index (χ3v) is 14.6. The van der Waals surface area contributed by atoms with Crippen molar-refractivity contribution in [1.82, 2.24) is 0 Å². The van der Waals surface area contributed by atoms with Gasteiger partial charge in [0.2, 0.25) is 0 Å². The summed E-state index contributed by atoms with van der Waals surface area (Å²) in [6.07, 6.45) is 0. The van der Waals surface area contributed by atoms with E-state index in [0.717, 1.165) is 28.4 Å². The van der Waals surface area contributed by atoms with Crippen molar-refractivity contribution in [3.63, 3.8) is 0 Å². The Labute approximate surface area is 403 Å². The molecule has 12 aromatic carbocycles. The lowest BCUT2D eigenvalue weighted by Gasteiger charge is -2.32. The van der Waals surface area contributed by atoms with Gasteiger partial charge in [-0.25, -0.2) is 0 Å². The molecule has 0 aromatic heterocycles. The molecule has 0 amide bonds. The molecule has 0 bridgehead atoms. The van der Waals surface area contributed by atoms with E-state index in [-0.39, 0.29) is 5.41 Å². The molecule has 13 rings (SSSR count). The first-order valence-corrected chi connectivity index (χ1v) is 24.0. The highest BCUT2D eigenvalue weighted by Crippen LogP contribution is 2.54. The van der Waals surface area contributed by atoms with Crippen LogP contribution in [0, 0.1) is 0 Å². The van der Waals surface area contributed by atoms with Crippen LogP contribution in [-0.2, 0) is 5.41 Å². The van der Waals surface area contributed by atoms with Crippen molar-refractivity contribution in [3.8, 4) is 33.4 Å². The summed E-state index contributed by atoms with van der Waals surface area (Å²) in [4.78, 5) is 4.95. The molecule has 0 saturated heterocycles. The van der Waals surface area contributed by atoms with Crippen LogP contribution in [0.3, 0.4) is 0 Å². The number of hydrogen-bond donors (Lipinski definition) is 0. The van der Waals surface area contributed by atoms with Crippen LogP contribution in [0.25, 0.3) is 76.5 Å². The van der Waals surface area contributed by atoms with E-state index in [4.69, 9.17) is 0 Å². The highest BCUT2D eigenvalue weighted by molar-refractivity contribution is 6.23. The van der Waals surface area contributed by atoms with E-state index < -0.39 is 0 Å². The van der Waals surface area contributed by atoms with Crippen molar-refractivity contribution in [2.24, 2.45) is 0 Å². The zero-order valence-corrected chi connectivity index (χ0v) is 38.6. The van der Waals surface area contributed by atoms with Gasteiger partial charge in [-0.15, -0.1) is 0 Å². The molecule has 326 valence electrons. The van der Waals surface area contributed by atoms with Crippen LogP contribution in [0.5, 0.6) is 0 Å². The van der Waals surface area contributed by atoms with Gasteiger partial charge in [0.15, 0.2) is 0 Å². The first-order valence-electron chi connectivity index (χ1n) is 24.0. The Morgan fingerprint density at radius 2 is 0.725 bits per heavy atom. The van der Waals surface area contributed by atoms with Gasteiger partial charge >= 0.3 is 0 Å². The summed E-state index contributed by atoms with van der Waals surface area (Å²) in [7, 11) is 0. The lowest BCUT2D eigenvalue weighted by molar-refractivity contribution is 0.660. The van der Waals surface area contributed by atoms with Gasteiger partial charge in [0, 0.05) is 44.0 Å². The number of benzene rings is 12. The normalized spacial score (nSPS) is 12.6. The second-order valence-electron chi connectivity index (χ2n) is 18.8. The molecule has 0 saturated carbocycles. The molecule has 0 atom stereocenters. The van der Waals surface area contributed by atoms with E-state index in [1.807, 2.05) is 0 Å². The smallest absolute Gasteiger partial charge is 0.0619 e. The average molecular weight is 881 g/mol. The highest BCUT2D eigenvalue weighted by atomic mass is 15.2. The lowest BCUT2D eigenvalue weighted by atomic mass is 9.82. The highest BCUT2D eigenvalue weighted by Gasteiger charge is 2.36. The average Bonchev–Trinajstić information content (AvgIpc) is 3.64. The second kappa shape index (κ2) is 16.3. The van der Waals surface area contributed by atoms with E-state index in [9.17, 15) is 0 Å². The first-order chi connectivity index (χ1) is 34.0. The van der Waals surface area contributed by atoms with Crippen LogP contribution in [0.2, 0.25) is 0 Å². The molecule has 2 nitrogen and oxygen atoms in total. The number of fused-ring (bicyclic) bond motifs is 7. The number of rotatable bonds is 8. The Hall–Kier alpha value is -8.72. The van der Waals surface area contributed by atoms with E-state index >= 15 is 0 Å². The van der Waals surface area contributed by atoms with Gasteiger partial charge in [-0.05, 0) is 115 Å². The Balaban J connectivity index is 1.00. The van der Waals surface area contributed by atoms with Crippen LogP contribution in [0.1, 0.15) is 25.0 Å². The van der Waals surface area contributed by atoms with Gasteiger partial charge < -0.3 is 9.80 Å². The number of nitrogens with zero attached hydrogens (tertiary/aromatic N) is 2. The topological polar surface area (TPSA) is 6.48 Å². The summed E-state index contributed by atoms with van der Waals surface area (Å²) in [5, 5.41) is 9.65. The monoisotopic (exact) mass is 880 g/mol. The predicted octanol–water partition coefficient (Wildman–Crippen LogP) is 18.9. The fraction of sp³-hybridized carbons (Fsp3) is 0.0448. The quantitative estimate of drug-likeness (QED) is 0.140. The van der Waals surface area contributed by atoms with Gasteiger partial charge in [-0.2, -0.15) is 0 Å². The van der Waals surface area contributed by atoms with Crippen LogP contribution < -0.4 is 9.80 Å². The summed E-state index contributed by atoms with van der Waals surface area (Å²) in [6.45, 7) is 4.74. The minimum Gasteiger partial charge on any atom is -0.310 e. The maximum atomic E-state index is 2.55. The minimum absolute atomic E-state index is 0.151. The predicted molar refractivity (Wildman–Crippen MR) is 294 cm³/mol. The van der Waals surface area contributed by atoms with Gasteiger partial charge in [0.1, 0.15) is 0 Å². The van der Waals surface area contributed by atoms with Gasteiger partial charge in [0.25, 0.3) is 0 Å². The molecule has 1 aliphatic rings.